The second-order valence-corrected chi connectivity index (χ2v) is 4.35. The monoisotopic (exact) mass is 251 g/mol. The van der Waals surface area contributed by atoms with Gasteiger partial charge in [0.05, 0.1) is 20.6 Å². The lowest BCUT2D eigenvalue weighted by atomic mass is 10.1. The number of ether oxygens (including phenoxy) is 2. The molecule has 1 rings (SSSR count). The van der Waals surface area contributed by atoms with Gasteiger partial charge in [0.25, 0.3) is 0 Å². The van der Waals surface area contributed by atoms with Gasteiger partial charge in [0.15, 0.2) is 0 Å². The van der Waals surface area contributed by atoms with Gasteiger partial charge < -0.3 is 14.8 Å². The first-order chi connectivity index (χ1) is 8.56. The third kappa shape index (κ3) is 4.37. The molecule has 4 nitrogen and oxygen atoms in total. The summed E-state index contributed by atoms with van der Waals surface area (Å²) in [4.78, 5) is 11.2. The maximum atomic E-state index is 11.2. The fourth-order valence-electron chi connectivity index (χ4n) is 1.83. The zero-order valence-electron chi connectivity index (χ0n) is 11.4. The highest BCUT2D eigenvalue weighted by molar-refractivity contribution is 5.69. The normalized spacial score (nSPS) is 13.8. The summed E-state index contributed by atoms with van der Waals surface area (Å²) in [6, 6.07) is 8.11. The molecule has 0 amide bonds. The molecule has 0 aliphatic rings. The second-order valence-electron chi connectivity index (χ2n) is 4.35. The summed E-state index contributed by atoms with van der Waals surface area (Å²) in [6.45, 7) is 4.02. The van der Waals surface area contributed by atoms with E-state index in [2.05, 4.69) is 17.0 Å². The van der Waals surface area contributed by atoms with E-state index in [9.17, 15) is 4.79 Å². The van der Waals surface area contributed by atoms with E-state index in [1.54, 1.807) is 7.11 Å². The van der Waals surface area contributed by atoms with Gasteiger partial charge in [-0.15, -0.1) is 0 Å². The van der Waals surface area contributed by atoms with Crippen molar-refractivity contribution in [3.8, 4) is 5.75 Å². The molecule has 1 aromatic carbocycles. The lowest BCUT2D eigenvalue weighted by Gasteiger charge is -2.20. The second kappa shape index (κ2) is 7.01. The minimum atomic E-state index is -0.201. The molecule has 100 valence electrons. The average Bonchev–Trinajstić information content (AvgIpc) is 2.38. The summed E-state index contributed by atoms with van der Waals surface area (Å²) in [5.41, 5.74) is 1.13. The van der Waals surface area contributed by atoms with Crippen LogP contribution in [-0.4, -0.2) is 26.2 Å². The van der Waals surface area contributed by atoms with Gasteiger partial charge in [-0.05, 0) is 31.5 Å². The molecule has 4 heteroatoms. The van der Waals surface area contributed by atoms with Gasteiger partial charge in [0.1, 0.15) is 5.75 Å². The zero-order valence-corrected chi connectivity index (χ0v) is 11.4. The van der Waals surface area contributed by atoms with Crippen LogP contribution in [-0.2, 0) is 9.53 Å². The number of methoxy groups -OCH3 is 2. The highest BCUT2D eigenvalue weighted by atomic mass is 16.5. The van der Waals surface area contributed by atoms with Crippen LogP contribution in [0.2, 0.25) is 0 Å². The Labute approximate surface area is 108 Å². The van der Waals surface area contributed by atoms with Gasteiger partial charge >= 0.3 is 5.97 Å². The van der Waals surface area contributed by atoms with Crippen LogP contribution in [0.3, 0.4) is 0 Å². The van der Waals surface area contributed by atoms with E-state index >= 15 is 0 Å². The van der Waals surface area contributed by atoms with Crippen molar-refractivity contribution in [3.63, 3.8) is 0 Å². The van der Waals surface area contributed by atoms with Crippen molar-refractivity contribution in [2.45, 2.75) is 32.4 Å². The van der Waals surface area contributed by atoms with Gasteiger partial charge in [-0.2, -0.15) is 0 Å². The SMILES string of the molecule is COC(=O)CC(C)N[C@@H](C)c1cccc(OC)c1. The lowest BCUT2D eigenvalue weighted by molar-refractivity contribution is -0.141. The smallest absolute Gasteiger partial charge is 0.307 e. The summed E-state index contributed by atoms with van der Waals surface area (Å²) >= 11 is 0. The molecule has 1 aromatic rings. The molecule has 1 unspecified atom stereocenters. The van der Waals surface area contributed by atoms with Gasteiger partial charge in [-0.25, -0.2) is 0 Å². The predicted octanol–water partition coefficient (Wildman–Crippen LogP) is 2.30. The van der Waals surface area contributed by atoms with E-state index in [1.165, 1.54) is 7.11 Å². The van der Waals surface area contributed by atoms with Gasteiger partial charge in [-0.3, -0.25) is 4.79 Å². The number of esters is 1. The molecule has 0 fully saturated rings. The Morgan fingerprint density at radius 2 is 2.06 bits per heavy atom. The van der Waals surface area contributed by atoms with E-state index < -0.39 is 0 Å². The molecule has 0 spiro atoms. The van der Waals surface area contributed by atoms with Crippen molar-refractivity contribution in [2.75, 3.05) is 14.2 Å². The molecular formula is C14H21NO3. The highest BCUT2D eigenvalue weighted by Gasteiger charge is 2.13. The Morgan fingerprint density at radius 3 is 2.67 bits per heavy atom. The van der Waals surface area contributed by atoms with Crippen molar-refractivity contribution >= 4 is 5.97 Å². The van der Waals surface area contributed by atoms with Crippen molar-refractivity contribution in [2.24, 2.45) is 0 Å². The van der Waals surface area contributed by atoms with Gasteiger partial charge in [0.2, 0.25) is 0 Å². The zero-order chi connectivity index (χ0) is 13.5. The van der Waals surface area contributed by atoms with Crippen LogP contribution >= 0.6 is 0 Å². The van der Waals surface area contributed by atoms with Crippen molar-refractivity contribution in [1.29, 1.82) is 0 Å². The molecule has 0 aromatic heterocycles. The number of hydrogen-bond acceptors (Lipinski definition) is 4. The quantitative estimate of drug-likeness (QED) is 0.788. The van der Waals surface area contributed by atoms with Crippen LogP contribution in [0.4, 0.5) is 0 Å². The number of benzene rings is 1. The molecule has 0 aliphatic heterocycles. The van der Waals surface area contributed by atoms with Crippen molar-refractivity contribution in [3.05, 3.63) is 29.8 Å². The van der Waals surface area contributed by atoms with Crippen LogP contribution < -0.4 is 10.1 Å². The first-order valence-electron chi connectivity index (χ1n) is 6.03. The Balaban J connectivity index is 2.58. The Hall–Kier alpha value is -1.55. The van der Waals surface area contributed by atoms with Crippen molar-refractivity contribution in [1.82, 2.24) is 5.32 Å². The largest absolute Gasteiger partial charge is 0.497 e. The third-order valence-electron chi connectivity index (χ3n) is 2.83. The lowest BCUT2D eigenvalue weighted by Crippen LogP contribution is -2.31. The first kappa shape index (κ1) is 14.5. The Kier molecular flexibility index (Phi) is 5.65. The minimum Gasteiger partial charge on any atom is -0.497 e. The number of carbonyl (C=O) groups excluding carboxylic acids is 1. The summed E-state index contributed by atoms with van der Waals surface area (Å²) in [5.74, 6) is 0.634. The molecule has 0 radical (unpaired) electrons. The molecule has 0 heterocycles. The minimum absolute atomic E-state index is 0.0682. The highest BCUT2D eigenvalue weighted by Crippen LogP contribution is 2.19. The van der Waals surface area contributed by atoms with Crippen LogP contribution in [0.5, 0.6) is 5.75 Å². The maximum Gasteiger partial charge on any atom is 0.307 e. The molecule has 1 N–H and O–H groups in total. The average molecular weight is 251 g/mol. The van der Waals surface area contributed by atoms with Crippen molar-refractivity contribution < 1.29 is 14.3 Å². The van der Waals surface area contributed by atoms with E-state index in [1.807, 2.05) is 31.2 Å². The third-order valence-corrected chi connectivity index (χ3v) is 2.83. The number of carbonyl (C=O) groups is 1. The van der Waals surface area contributed by atoms with Crippen LogP contribution in [0, 0.1) is 0 Å². The van der Waals surface area contributed by atoms with Crippen LogP contribution in [0.1, 0.15) is 31.9 Å². The Bertz CT molecular complexity index is 392. The molecule has 0 bridgehead atoms. The molecular weight excluding hydrogens is 230 g/mol. The molecule has 18 heavy (non-hydrogen) atoms. The predicted molar refractivity (Wildman–Crippen MR) is 70.6 cm³/mol. The van der Waals surface area contributed by atoms with Gasteiger partial charge in [-0.1, -0.05) is 12.1 Å². The summed E-state index contributed by atoms with van der Waals surface area (Å²) < 4.78 is 9.84. The summed E-state index contributed by atoms with van der Waals surface area (Å²) in [7, 11) is 3.05. The molecule has 0 saturated carbocycles. The fraction of sp³-hybridized carbons (Fsp3) is 0.500. The van der Waals surface area contributed by atoms with Gasteiger partial charge in [0, 0.05) is 12.1 Å². The maximum absolute atomic E-state index is 11.2. The number of hydrogen-bond donors (Lipinski definition) is 1. The van der Waals surface area contributed by atoms with E-state index in [0.717, 1.165) is 11.3 Å². The summed E-state index contributed by atoms with van der Waals surface area (Å²) in [5, 5.41) is 3.36. The van der Waals surface area contributed by atoms with E-state index in [4.69, 9.17) is 4.74 Å². The standard InChI is InChI=1S/C14H21NO3/c1-10(8-14(16)18-4)15-11(2)12-6-5-7-13(9-12)17-3/h5-7,9-11,15H,8H2,1-4H3/t10?,11-/m0/s1. The van der Waals surface area contributed by atoms with Crippen LogP contribution in [0.15, 0.2) is 24.3 Å². The number of nitrogens with one attached hydrogen (secondary N) is 1. The topological polar surface area (TPSA) is 47.6 Å². The summed E-state index contributed by atoms with van der Waals surface area (Å²) in [6.07, 6.45) is 0.366. The molecule has 0 saturated heterocycles. The first-order valence-corrected chi connectivity index (χ1v) is 6.03. The number of rotatable bonds is 6. The Morgan fingerprint density at radius 1 is 1.33 bits per heavy atom. The van der Waals surface area contributed by atoms with E-state index in [0.29, 0.717) is 6.42 Å². The molecule has 2 atom stereocenters. The van der Waals surface area contributed by atoms with E-state index in [-0.39, 0.29) is 18.1 Å². The molecule has 0 aliphatic carbocycles. The fourth-order valence-corrected chi connectivity index (χ4v) is 1.83. The van der Waals surface area contributed by atoms with Crippen LogP contribution in [0.25, 0.3) is 0 Å².